The van der Waals surface area contributed by atoms with E-state index in [2.05, 4.69) is 6.92 Å². The van der Waals surface area contributed by atoms with Crippen molar-refractivity contribution in [3.05, 3.63) is 0 Å². The zero-order chi connectivity index (χ0) is 6.90. The second-order valence-corrected chi connectivity index (χ2v) is 27.3. The van der Waals surface area contributed by atoms with E-state index >= 15 is 0 Å². The molecule has 6 saturated heterocycles. The summed E-state index contributed by atoms with van der Waals surface area (Å²) in [4.78, 5) is 0. The van der Waals surface area contributed by atoms with Gasteiger partial charge in [0.05, 0.1) is 0 Å². The third-order valence-electron chi connectivity index (χ3n) is 3.18. The summed E-state index contributed by atoms with van der Waals surface area (Å²) in [6.07, 6.45) is 3.05. The van der Waals surface area contributed by atoms with E-state index in [4.69, 9.17) is 0 Å². The van der Waals surface area contributed by atoms with Crippen LogP contribution in [0.4, 0.5) is 0 Å². The molecule has 0 nitrogen and oxygen atoms in total. The molecule has 6 heterocycles. The quantitative estimate of drug-likeness (QED) is 0.547. The molecule has 0 aromatic heterocycles. The molecule has 0 aromatic carbocycles. The third-order valence-corrected chi connectivity index (χ3v) is 48.3. The molecule has 0 unspecified atom stereocenters. The van der Waals surface area contributed by atoms with Crippen molar-refractivity contribution in [1.82, 2.24) is 0 Å². The zero-order valence-electron chi connectivity index (χ0n) is 6.74. The fourth-order valence-electron chi connectivity index (χ4n) is 3.16. The summed E-state index contributed by atoms with van der Waals surface area (Å²) in [5, 5.41) is 0. The molecule has 6 aliphatic heterocycles. The molecule has 6 fully saturated rings. The first-order valence-electron chi connectivity index (χ1n) is 4.20. The average Bonchev–Trinajstić information content (AvgIpc) is 1.56. The standard InChI is InChI=1S/C8H17IS/c1-2-3-4-9-5-10(6-9,7-9)8-9/h2-8H2,1H3. The predicted octanol–water partition coefficient (Wildman–Crippen LogP) is 3.04. The van der Waals surface area contributed by atoms with Crippen molar-refractivity contribution in [3.63, 3.8) is 0 Å². The molecule has 0 saturated carbocycles. The van der Waals surface area contributed by atoms with E-state index in [1.807, 2.05) is 15.0 Å². The summed E-state index contributed by atoms with van der Waals surface area (Å²) in [6, 6.07) is 0. The molecule has 0 radical (unpaired) electrons. The van der Waals surface area contributed by atoms with Crippen LogP contribution in [0.3, 0.4) is 0 Å². The molecular weight excluding hydrogens is 255 g/mol. The predicted molar refractivity (Wildman–Crippen MR) is 60.9 cm³/mol. The monoisotopic (exact) mass is 272 g/mol. The molecule has 2 heteroatoms. The van der Waals surface area contributed by atoms with Gasteiger partial charge in [0.1, 0.15) is 0 Å². The van der Waals surface area contributed by atoms with Crippen molar-refractivity contribution in [1.29, 1.82) is 0 Å². The summed E-state index contributed by atoms with van der Waals surface area (Å²) in [5.41, 5.74) is 0. The van der Waals surface area contributed by atoms with Crippen LogP contribution >= 0.6 is 27.1 Å². The van der Waals surface area contributed by atoms with E-state index in [-0.39, 0.29) is 10.0 Å². The van der Waals surface area contributed by atoms with E-state index in [9.17, 15) is 0 Å². The minimum atomic E-state index is -1.23. The van der Waals surface area contributed by atoms with Crippen molar-refractivity contribution in [2.24, 2.45) is 0 Å². The summed E-state index contributed by atoms with van der Waals surface area (Å²) in [6.45, 7) is 2.35. The van der Waals surface area contributed by atoms with Crippen LogP contribution in [-0.2, 0) is 0 Å². The first kappa shape index (κ1) is 6.58. The van der Waals surface area contributed by atoms with E-state index in [0.717, 1.165) is 0 Å². The molecule has 0 aliphatic carbocycles. The molecular formula is C8H17IS. The van der Waals surface area contributed by atoms with E-state index in [1.165, 1.54) is 6.42 Å². The molecule has 2 bridgehead atoms. The summed E-state index contributed by atoms with van der Waals surface area (Å²) in [7, 11) is 0.290. The van der Waals surface area contributed by atoms with Gasteiger partial charge in [0.15, 0.2) is 0 Å². The van der Waals surface area contributed by atoms with Gasteiger partial charge in [-0.2, -0.15) is 0 Å². The Bertz CT molecular complexity index is 170. The second kappa shape index (κ2) is 1.43. The number of halogens is 1. The topological polar surface area (TPSA) is 0 Å². The zero-order valence-corrected chi connectivity index (χ0v) is 9.71. The maximum absolute atomic E-state index is 2.35. The van der Waals surface area contributed by atoms with Gasteiger partial charge >= 0.3 is 66.3 Å². The number of alkyl halides is 5. The van der Waals surface area contributed by atoms with Crippen LogP contribution < -0.4 is 0 Å². The van der Waals surface area contributed by atoms with Crippen LogP contribution in [0.5, 0.6) is 0 Å². The van der Waals surface area contributed by atoms with Gasteiger partial charge in [-0.15, -0.1) is 0 Å². The Balaban J connectivity index is 1.70. The first-order valence-corrected chi connectivity index (χ1v) is 14.1. The minimum absolute atomic E-state index is 0.290. The van der Waals surface area contributed by atoms with Gasteiger partial charge in [-0.1, -0.05) is 0 Å². The van der Waals surface area contributed by atoms with Gasteiger partial charge < -0.3 is 0 Å². The van der Waals surface area contributed by atoms with Gasteiger partial charge in [0.2, 0.25) is 0 Å². The van der Waals surface area contributed by atoms with Crippen LogP contribution in [0.1, 0.15) is 19.8 Å². The summed E-state index contributed by atoms with van der Waals surface area (Å²) >= 11 is -1.23. The molecule has 6 rings (SSSR count). The van der Waals surface area contributed by atoms with Crippen molar-refractivity contribution >= 4 is 27.1 Å². The molecule has 0 N–H and O–H groups in total. The average molecular weight is 272 g/mol. The molecule has 62 valence electrons. The van der Waals surface area contributed by atoms with Crippen molar-refractivity contribution in [3.8, 4) is 0 Å². The van der Waals surface area contributed by atoms with Crippen molar-refractivity contribution in [2.75, 3.05) is 19.5 Å². The molecule has 0 spiro atoms. The Morgan fingerprint density at radius 1 is 1.20 bits per heavy atom. The Morgan fingerprint density at radius 2 is 1.80 bits per heavy atom. The molecule has 0 amide bonds. The van der Waals surface area contributed by atoms with Crippen LogP contribution in [0.15, 0.2) is 0 Å². The first-order chi connectivity index (χ1) is 4.70. The van der Waals surface area contributed by atoms with E-state index < -0.39 is 17.0 Å². The number of rotatable bonds is 3. The summed E-state index contributed by atoms with van der Waals surface area (Å²) in [5.74, 6) is 0. The Kier molecular flexibility index (Phi) is 0.943. The van der Waals surface area contributed by atoms with Gasteiger partial charge in [0, 0.05) is 0 Å². The van der Waals surface area contributed by atoms with Gasteiger partial charge in [-0.05, 0) is 0 Å². The number of hydrogen-bond acceptors (Lipinski definition) is 0. The molecule has 0 aromatic rings. The van der Waals surface area contributed by atoms with Crippen molar-refractivity contribution < 1.29 is 0 Å². The normalized spacial score (nSPS) is 59.1. The van der Waals surface area contributed by atoms with Gasteiger partial charge in [0.25, 0.3) is 0 Å². The van der Waals surface area contributed by atoms with Crippen LogP contribution in [-0.4, -0.2) is 19.5 Å². The van der Waals surface area contributed by atoms with E-state index in [1.54, 1.807) is 10.8 Å². The number of unbranched alkanes of at least 4 members (excludes halogenated alkanes) is 1. The molecule has 0 atom stereocenters. The van der Waals surface area contributed by atoms with Crippen LogP contribution in [0.2, 0.25) is 0 Å². The Hall–Kier alpha value is 1.08. The Morgan fingerprint density at radius 3 is 2.10 bits per heavy atom. The molecule has 10 heavy (non-hydrogen) atoms. The number of hydrogen-bond donors (Lipinski definition) is 0. The van der Waals surface area contributed by atoms with E-state index in [0.29, 0.717) is 0 Å². The van der Waals surface area contributed by atoms with Crippen LogP contribution in [0.25, 0.3) is 0 Å². The SMILES string of the molecule is CCCCI123CS(C1)(C2)C3. The van der Waals surface area contributed by atoms with Crippen molar-refractivity contribution in [2.45, 2.75) is 19.8 Å². The second-order valence-electron chi connectivity index (χ2n) is 4.59. The fraction of sp³-hybridized carbons (Fsp3) is 1.00. The molecule has 6 aliphatic rings. The van der Waals surface area contributed by atoms with Gasteiger partial charge in [-0.25, -0.2) is 0 Å². The maximum atomic E-state index is 2.35. The summed E-state index contributed by atoms with van der Waals surface area (Å²) < 4.78 is 9.38. The van der Waals surface area contributed by atoms with Gasteiger partial charge in [-0.3, -0.25) is 0 Å². The van der Waals surface area contributed by atoms with Crippen LogP contribution in [0, 0.1) is 0 Å². The third kappa shape index (κ3) is 0.482. The Labute approximate surface area is 66.1 Å². The fourth-order valence-corrected chi connectivity index (χ4v) is 56.7.